The number of aromatic amines is 1. The summed E-state index contributed by atoms with van der Waals surface area (Å²) in [7, 11) is 1.63. The number of carbonyl (C=O) groups is 1. The number of H-pyrrole nitrogens is 1. The molecule has 0 radical (unpaired) electrons. The molecule has 31 heavy (non-hydrogen) atoms. The van der Waals surface area contributed by atoms with Crippen molar-refractivity contribution in [2.75, 3.05) is 20.3 Å². The molecule has 0 bridgehead atoms. The number of likely N-dealkylation sites (tertiary alicyclic amines) is 1. The highest BCUT2D eigenvalue weighted by molar-refractivity contribution is 7.71. The number of aromatic nitrogens is 2. The van der Waals surface area contributed by atoms with E-state index in [0.717, 1.165) is 19.4 Å². The van der Waals surface area contributed by atoms with E-state index >= 15 is 0 Å². The summed E-state index contributed by atoms with van der Waals surface area (Å²) in [5.74, 6) is -0.0174. The van der Waals surface area contributed by atoms with Crippen molar-refractivity contribution in [2.45, 2.75) is 38.8 Å². The standard InChI is InChI=1S/C24H27N3O3S/c1-16-7-3-4-8-18(16)21-9-5-12-26(21)22(28)17-10-11-19-20(15-17)25-24(31)27(23(19)29)13-6-14-30-2/h3-4,7-8,10-11,15,21H,5-6,9,12-14H2,1-2H3,(H,25,31). The van der Waals surface area contributed by atoms with Crippen molar-refractivity contribution in [3.8, 4) is 0 Å². The topological polar surface area (TPSA) is 67.3 Å². The molecule has 1 aliphatic heterocycles. The van der Waals surface area contributed by atoms with Gasteiger partial charge in [-0.25, -0.2) is 0 Å². The van der Waals surface area contributed by atoms with Crippen LogP contribution in [0.25, 0.3) is 10.9 Å². The zero-order chi connectivity index (χ0) is 22.0. The van der Waals surface area contributed by atoms with Crippen LogP contribution in [0.4, 0.5) is 0 Å². The summed E-state index contributed by atoms with van der Waals surface area (Å²) in [6.07, 6.45) is 2.64. The van der Waals surface area contributed by atoms with Gasteiger partial charge in [-0.1, -0.05) is 24.3 Å². The monoisotopic (exact) mass is 437 g/mol. The maximum absolute atomic E-state index is 13.4. The van der Waals surface area contributed by atoms with E-state index in [9.17, 15) is 9.59 Å². The SMILES string of the molecule is COCCCn1c(=S)[nH]c2cc(C(=O)N3CCCC3c3ccccc3C)ccc2c1=O. The van der Waals surface area contributed by atoms with E-state index in [0.29, 0.717) is 40.8 Å². The van der Waals surface area contributed by atoms with Gasteiger partial charge in [0.2, 0.25) is 0 Å². The van der Waals surface area contributed by atoms with Gasteiger partial charge in [0.05, 0.1) is 16.9 Å². The molecule has 7 heteroatoms. The van der Waals surface area contributed by atoms with Crippen molar-refractivity contribution in [2.24, 2.45) is 0 Å². The molecule has 0 saturated carbocycles. The summed E-state index contributed by atoms with van der Waals surface area (Å²) < 4.78 is 6.97. The number of carbonyl (C=O) groups excluding carboxylic acids is 1. The van der Waals surface area contributed by atoms with Gasteiger partial charge >= 0.3 is 0 Å². The number of methoxy groups -OCH3 is 1. The minimum absolute atomic E-state index is 0.0174. The van der Waals surface area contributed by atoms with Crippen LogP contribution in [0.5, 0.6) is 0 Å². The zero-order valence-electron chi connectivity index (χ0n) is 17.9. The number of nitrogens with zero attached hydrogens (tertiary/aromatic N) is 2. The van der Waals surface area contributed by atoms with Crippen molar-refractivity contribution in [3.05, 3.63) is 74.3 Å². The summed E-state index contributed by atoms with van der Waals surface area (Å²) in [5.41, 5.74) is 3.41. The molecule has 6 nitrogen and oxygen atoms in total. The molecular weight excluding hydrogens is 410 g/mol. The van der Waals surface area contributed by atoms with Gasteiger partial charge in [0, 0.05) is 32.4 Å². The van der Waals surface area contributed by atoms with Gasteiger partial charge < -0.3 is 14.6 Å². The predicted molar refractivity (Wildman–Crippen MR) is 124 cm³/mol. The van der Waals surface area contributed by atoms with Crippen LogP contribution in [0.2, 0.25) is 0 Å². The summed E-state index contributed by atoms with van der Waals surface area (Å²) in [6.45, 7) is 3.87. The van der Waals surface area contributed by atoms with Crippen LogP contribution in [-0.4, -0.2) is 40.6 Å². The van der Waals surface area contributed by atoms with Crippen LogP contribution in [0, 0.1) is 11.7 Å². The Bertz CT molecular complexity index is 1230. The number of ether oxygens (including phenoxy) is 1. The smallest absolute Gasteiger partial charge is 0.262 e. The predicted octanol–water partition coefficient (Wildman–Crippen LogP) is 4.38. The molecule has 0 spiro atoms. The number of aryl methyl sites for hydroxylation is 1. The number of benzene rings is 2. The minimum Gasteiger partial charge on any atom is -0.385 e. The molecule has 1 aromatic heterocycles. The van der Waals surface area contributed by atoms with Gasteiger partial charge in [0.1, 0.15) is 0 Å². The molecule has 1 amide bonds. The van der Waals surface area contributed by atoms with Gasteiger partial charge in [-0.15, -0.1) is 0 Å². The molecule has 1 fully saturated rings. The van der Waals surface area contributed by atoms with Crippen molar-refractivity contribution in [1.29, 1.82) is 0 Å². The van der Waals surface area contributed by atoms with Gasteiger partial charge in [-0.3, -0.25) is 14.2 Å². The molecule has 162 valence electrons. The summed E-state index contributed by atoms with van der Waals surface area (Å²) in [5, 5.41) is 0.527. The Balaban J connectivity index is 1.66. The number of amides is 1. The number of hydrogen-bond donors (Lipinski definition) is 1. The van der Waals surface area contributed by atoms with Crippen LogP contribution in [0.3, 0.4) is 0 Å². The first-order chi connectivity index (χ1) is 15.0. The highest BCUT2D eigenvalue weighted by Gasteiger charge is 2.31. The van der Waals surface area contributed by atoms with Crippen LogP contribution in [0.1, 0.15) is 46.8 Å². The average Bonchev–Trinajstić information content (AvgIpc) is 3.25. The Morgan fingerprint density at radius 1 is 1.26 bits per heavy atom. The lowest BCUT2D eigenvalue weighted by Crippen LogP contribution is -2.31. The third kappa shape index (κ3) is 4.20. The van der Waals surface area contributed by atoms with E-state index in [1.807, 2.05) is 17.0 Å². The molecule has 2 heterocycles. The molecule has 1 unspecified atom stereocenters. The molecule has 1 N–H and O–H groups in total. The molecule has 3 aromatic rings. The zero-order valence-corrected chi connectivity index (χ0v) is 18.7. The maximum Gasteiger partial charge on any atom is 0.262 e. The van der Waals surface area contributed by atoms with Gasteiger partial charge in [-0.05, 0) is 67.7 Å². The Hall–Kier alpha value is -2.77. The van der Waals surface area contributed by atoms with Gasteiger partial charge in [0.25, 0.3) is 11.5 Å². The second-order valence-electron chi connectivity index (χ2n) is 8.01. The van der Waals surface area contributed by atoms with Crippen LogP contribution in [0.15, 0.2) is 47.3 Å². The molecule has 2 aromatic carbocycles. The Labute approximate surface area is 186 Å². The quantitative estimate of drug-likeness (QED) is 0.459. The molecule has 0 aliphatic carbocycles. The normalized spacial score (nSPS) is 16.2. The van der Waals surface area contributed by atoms with Crippen LogP contribution < -0.4 is 5.56 Å². The van der Waals surface area contributed by atoms with E-state index in [1.54, 1.807) is 29.9 Å². The molecule has 1 aliphatic rings. The molecular formula is C24H27N3O3S. The number of nitrogens with one attached hydrogen (secondary N) is 1. The Kier molecular flexibility index (Phi) is 6.34. The summed E-state index contributed by atoms with van der Waals surface area (Å²) >= 11 is 5.40. The lowest BCUT2D eigenvalue weighted by atomic mass is 9.99. The molecule has 4 rings (SSSR count). The van der Waals surface area contributed by atoms with E-state index in [4.69, 9.17) is 17.0 Å². The highest BCUT2D eigenvalue weighted by Crippen LogP contribution is 2.34. The summed E-state index contributed by atoms with van der Waals surface area (Å²) in [4.78, 5) is 31.4. The van der Waals surface area contributed by atoms with Crippen LogP contribution >= 0.6 is 12.2 Å². The number of hydrogen-bond acceptors (Lipinski definition) is 4. The largest absolute Gasteiger partial charge is 0.385 e. The molecule has 1 atom stereocenters. The highest BCUT2D eigenvalue weighted by atomic mass is 32.1. The number of rotatable bonds is 6. The lowest BCUT2D eigenvalue weighted by Gasteiger charge is -2.26. The van der Waals surface area contributed by atoms with Crippen LogP contribution in [-0.2, 0) is 11.3 Å². The fraction of sp³-hybridized carbons (Fsp3) is 0.375. The fourth-order valence-electron chi connectivity index (χ4n) is 4.42. The first-order valence-corrected chi connectivity index (χ1v) is 11.0. The third-order valence-corrected chi connectivity index (χ3v) is 6.34. The Morgan fingerprint density at radius 3 is 2.84 bits per heavy atom. The average molecular weight is 438 g/mol. The lowest BCUT2D eigenvalue weighted by molar-refractivity contribution is 0.0735. The third-order valence-electron chi connectivity index (χ3n) is 6.02. The van der Waals surface area contributed by atoms with E-state index < -0.39 is 0 Å². The first-order valence-electron chi connectivity index (χ1n) is 10.6. The Morgan fingerprint density at radius 2 is 2.06 bits per heavy atom. The second-order valence-corrected chi connectivity index (χ2v) is 8.39. The summed E-state index contributed by atoms with van der Waals surface area (Å²) in [6, 6.07) is 13.5. The maximum atomic E-state index is 13.4. The first kappa shape index (κ1) is 21.5. The van der Waals surface area contributed by atoms with Crippen molar-refractivity contribution in [3.63, 3.8) is 0 Å². The minimum atomic E-state index is -0.146. The molecule has 1 saturated heterocycles. The van der Waals surface area contributed by atoms with Crippen molar-refractivity contribution in [1.82, 2.24) is 14.5 Å². The van der Waals surface area contributed by atoms with E-state index in [2.05, 4.69) is 24.0 Å². The van der Waals surface area contributed by atoms with Crippen molar-refractivity contribution < 1.29 is 9.53 Å². The van der Waals surface area contributed by atoms with E-state index in [-0.39, 0.29) is 17.5 Å². The second kappa shape index (κ2) is 9.16. The number of fused-ring (bicyclic) bond motifs is 1. The van der Waals surface area contributed by atoms with E-state index in [1.165, 1.54) is 11.1 Å². The van der Waals surface area contributed by atoms with Crippen molar-refractivity contribution >= 4 is 29.0 Å². The fourth-order valence-corrected chi connectivity index (χ4v) is 4.70. The van der Waals surface area contributed by atoms with Gasteiger partial charge in [-0.2, -0.15) is 0 Å². The van der Waals surface area contributed by atoms with Gasteiger partial charge in [0.15, 0.2) is 4.77 Å².